The number of unbranched alkanes of at least 4 members (excludes halogenated alkanes) is 2. The highest BCUT2D eigenvalue weighted by Crippen LogP contribution is 2.25. The van der Waals surface area contributed by atoms with Crippen LogP contribution in [0.4, 0.5) is 8.78 Å². The van der Waals surface area contributed by atoms with Gasteiger partial charge in [0.15, 0.2) is 0 Å². The van der Waals surface area contributed by atoms with Gasteiger partial charge < -0.3 is 5.32 Å². The van der Waals surface area contributed by atoms with E-state index in [0.29, 0.717) is 0 Å². The predicted octanol–water partition coefficient (Wildman–Crippen LogP) is 4.06. The lowest BCUT2D eigenvalue weighted by Crippen LogP contribution is -2.32. The third-order valence-electron chi connectivity index (χ3n) is 3.88. The Morgan fingerprint density at radius 1 is 1.33 bits per heavy atom. The summed E-state index contributed by atoms with van der Waals surface area (Å²) in [5.41, 5.74) is 0.611. The smallest absolute Gasteiger partial charge is 0.255 e. The van der Waals surface area contributed by atoms with Crippen molar-refractivity contribution in [3.05, 3.63) is 41.6 Å². The van der Waals surface area contributed by atoms with Gasteiger partial charge in [0.1, 0.15) is 17.3 Å². The van der Waals surface area contributed by atoms with Crippen LogP contribution in [-0.4, -0.2) is 21.7 Å². The van der Waals surface area contributed by atoms with Gasteiger partial charge in [0.25, 0.3) is 5.91 Å². The first kappa shape index (κ1) is 18.1. The molecule has 1 unspecified atom stereocenters. The minimum Gasteiger partial charge on any atom is -0.349 e. The van der Waals surface area contributed by atoms with Crippen molar-refractivity contribution in [1.29, 1.82) is 0 Å². The molecule has 0 bridgehead atoms. The largest absolute Gasteiger partial charge is 0.349 e. The van der Waals surface area contributed by atoms with Crippen molar-refractivity contribution in [1.82, 2.24) is 15.1 Å². The molecule has 2 aromatic rings. The second-order valence-corrected chi connectivity index (χ2v) is 6.06. The average molecular weight is 335 g/mol. The SMILES string of the molecule is CCCCCC(C)NC(=O)c1cn(C)nc1-c1ccc(F)cc1F. The zero-order valence-electron chi connectivity index (χ0n) is 14.3. The molecule has 1 N–H and O–H groups in total. The third-order valence-corrected chi connectivity index (χ3v) is 3.88. The maximum atomic E-state index is 14.0. The highest BCUT2D eigenvalue weighted by Gasteiger charge is 2.21. The second-order valence-electron chi connectivity index (χ2n) is 6.06. The summed E-state index contributed by atoms with van der Waals surface area (Å²) < 4.78 is 28.6. The van der Waals surface area contributed by atoms with Crippen LogP contribution in [0.1, 0.15) is 49.9 Å². The summed E-state index contributed by atoms with van der Waals surface area (Å²) in [5.74, 6) is -1.70. The van der Waals surface area contributed by atoms with E-state index in [1.54, 1.807) is 13.2 Å². The first-order chi connectivity index (χ1) is 11.4. The number of rotatable bonds is 7. The van der Waals surface area contributed by atoms with Gasteiger partial charge in [-0.15, -0.1) is 0 Å². The molecular weight excluding hydrogens is 312 g/mol. The van der Waals surface area contributed by atoms with Gasteiger partial charge in [0.2, 0.25) is 0 Å². The van der Waals surface area contributed by atoms with Crippen LogP contribution in [0.5, 0.6) is 0 Å². The number of nitrogens with one attached hydrogen (secondary N) is 1. The summed E-state index contributed by atoms with van der Waals surface area (Å²) in [6.45, 7) is 4.07. The van der Waals surface area contributed by atoms with Crippen molar-refractivity contribution in [3.63, 3.8) is 0 Å². The molecule has 4 nitrogen and oxygen atoms in total. The summed E-state index contributed by atoms with van der Waals surface area (Å²) in [7, 11) is 1.66. The molecule has 130 valence electrons. The summed E-state index contributed by atoms with van der Waals surface area (Å²) in [5, 5.41) is 7.09. The highest BCUT2D eigenvalue weighted by molar-refractivity contribution is 6.00. The lowest BCUT2D eigenvalue weighted by molar-refractivity contribution is 0.0938. The fourth-order valence-electron chi connectivity index (χ4n) is 2.61. The van der Waals surface area contributed by atoms with Crippen molar-refractivity contribution < 1.29 is 13.6 Å². The number of aromatic nitrogens is 2. The molecule has 1 heterocycles. The molecule has 0 fully saturated rings. The van der Waals surface area contributed by atoms with E-state index >= 15 is 0 Å². The Kier molecular flexibility index (Phi) is 6.06. The van der Waals surface area contributed by atoms with Crippen molar-refractivity contribution in [2.24, 2.45) is 7.05 Å². The number of aryl methyl sites for hydroxylation is 1. The third kappa shape index (κ3) is 4.40. The first-order valence-corrected chi connectivity index (χ1v) is 8.22. The van der Waals surface area contributed by atoms with Gasteiger partial charge in [-0.05, 0) is 25.5 Å². The van der Waals surface area contributed by atoms with Crippen LogP contribution < -0.4 is 5.32 Å². The summed E-state index contributed by atoms with van der Waals surface area (Å²) in [4.78, 5) is 12.5. The van der Waals surface area contributed by atoms with Crippen LogP contribution in [0.2, 0.25) is 0 Å². The molecule has 0 spiro atoms. The van der Waals surface area contributed by atoms with E-state index in [2.05, 4.69) is 17.3 Å². The molecule has 1 amide bonds. The number of hydrogen-bond acceptors (Lipinski definition) is 2. The lowest BCUT2D eigenvalue weighted by atomic mass is 10.1. The number of nitrogens with zero attached hydrogens (tertiary/aromatic N) is 2. The van der Waals surface area contributed by atoms with Crippen molar-refractivity contribution in [2.75, 3.05) is 0 Å². The van der Waals surface area contributed by atoms with Crippen LogP contribution >= 0.6 is 0 Å². The zero-order valence-corrected chi connectivity index (χ0v) is 14.3. The molecule has 0 saturated heterocycles. The van der Waals surface area contributed by atoms with Gasteiger partial charge in [-0.25, -0.2) is 8.78 Å². The summed E-state index contributed by atoms with van der Waals surface area (Å²) >= 11 is 0. The molecular formula is C18H23F2N3O. The molecule has 1 atom stereocenters. The van der Waals surface area contributed by atoms with Gasteiger partial charge >= 0.3 is 0 Å². The Morgan fingerprint density at radius 3 is 2.75 bits per heavy atom. The Morgan fingerprint density at radius 2 is 2.08 bits per heavy atom. The minimum absolute atomic E-state index is 0.0233. The molecule has 0 saturated carbocycles. The van der Waals surface area contributed by atoms with Crippen LogP contribution in [0.15, 0.2) is 24.4 Å². The number of amides is 1. The molecule has 0 aliphatic rings. The van der Waals surface area contributed by atoms with E-state index in [1.807, 2.05) is 6.92 Å². The molecule has 24 heavy (non-hydrogen) atoms. The van der Waals surface area contributed by atoms with Crippen molar-refractivity contribution in [2.45, 2.75) is 45.6 Å². The number of carbonyl (C=O) groups excluding carboxylic acids is 1. The monoisotopic (exact) mass is 335 g/mol. The normalized spacial score (nSPS) is 12.2. The minimum atomic E-state index is -0.737. The van der Waals surface area contributed by atoms with Gasteiger partial charge in [-0.2, -0.15) is 5.10 Å². The molecule has 6 heteroatoms. The van der Waals surface area contributed by atoms with E-state index < -0.39 is 11.6 Å². The van der Waals surface area contributed by atoms with Crippen molar-refractivity contribution >= 4 is 5.91 Å². The Balaban J connectivity index is 2.20. The Bertz CT molecular complexity index is 712. The van der Waals surface area contributed by atoms with E-state index in [-0.39, 0.29) is 28.8 Å². The average Bonchev–Trinajstić information content (AvgIpc) is 2.89. The second kappa shape index (κ2) is 8.04. The van der Waals surface area contributed by atoms with Crippen LogP contribution in [0.25, 0.3) is 11.3 Å². The van der Waals surface area contributed by atoms with Crippen LogP contribution in [0, 0.1) is 11.6 Å². The predicted molar refractivity (Wildman–Crippen MR) is 89.6 cm³/mol. The number of benzene rings is 1. The maximum absolute atomic E-state index is 14.0. The Hall–Kier alpha value is -2.24. The van der Waals surface area contributed by atoms with E-state index in [9.17, 15) is 13.6 Å². The Labute approximate surface area is 140 Å². The van der Waals surface area contributed by atoms with E-state index in [1.165, 1.54) is 10.7 Å². The molecule has 1 aromatic carbocycles. The standard InChI is InChI=1S/C18H23F2N3O/c1-4-5-6-7-12(2)21-18(24)15-11-23(3)22-17(15)14-9-8-13(19)10-16(14)20/h8-12H,4-7H2,1-3H3,(H,21,24). The number of halogens is 2. The molecule has 2 rings (SSSR count). The van der Waals surface area contributed by atoms with Crippen molar-refractivity contribution in [3.8, 4) is 11.3 Å². The molecule has 1 aromatic heterocycles. The van der Waals surface area contributed by atoms with Crippen LogP contribution in [0.3, 0.4) is 0 Å². The van der Waals surface area contributed by atoms with E-state index in [4.69, 9.17) is 0 Å². The number of carbonyl (C=O) groups is 1. The topological polar surface area (TPSA) is 46.9 Å². The van der Waals surface area contributed by atoms with Gasteiger partial charge in [0, 0.05) is 30.9 Å². The fraction of sp³-hybridized carbons (Fsp3) is 0.444. The summed E-state index contributed by atoms with van der Waals surface area (Å²) in [6.07, 6.45) is 5.73. The first-order valence-electron chi connectivity index (χ1n) is 8.22. The quantitative estimate of drug-likeness (QED) is 0.776. The van der Waals surface area contributed by atoms with Gasteiger partial charge in [-0.3, -0.25) is 9.48 Å². The van der Waals surface area contributed by atoms with Gasteiger partial charge in [0.05, 0.1) is 5.56 Å². The highest BCUT2D eigenvalue weighted by atomic mass is 19.1. The van der Waals surface area contributed by atoms with Gasteiger partial charge in [-0.1, -0.05) is 26.2 Å². The summed E-state index contributed by atoms with van der Waals surface area (Å²) in [6, 6.07) is 3.27. The fourth-order valence-corrected chi connectivity index (χ4v) is 2.61. The maximum Gasteiger partial charge on any atom is 0.255 e. The number of hydrogen-bond donors (Lipinski definition) is 1. The zero-order chi connectivity index (χ0) is 17.7. The molecule has 0 radical (unpaired) electrons. The lowest BCUT2D eigenvalue weighted by Gasteiger charge is -2.13. The molecule has 0 aliphatic carbocycles. The van der Waals surface area contributed by atoms with E-state index in [0.717, 1.165) is 37.8 Å². The van der Waals surface area contributed by atoms with Crippen LogP contribution in [-0.2, 0) is 7.05 Å². The molecule has 0 aliphatic heterocycles.